The zero-order valence-corrected chi connectivity index (χ0v) is 19.7. The minimum absolute atomic E-state index is 0.229. The van der Waals surface area contributed by atoms with E-state index in [1.54, 1.807) is 30.1 Å². The first-order valence-electron chi connectivity index (χ1n) is 9.67. The highest BCUT2D eigenvalue weighted by Gasteiger charge is 2.22. The SMILES string of the molecule is CC(C)(C)NS(=O)(=O)c1ccc(-c2[nH]c3ncccc3c2Sc2ccc(Cl)cc2)cc1. The highest BCUT2D eigenvalue weighted by Crippen LogP contribution is 2.41. The summed E-state index contributed by atoms with van der Waals surface area (Å²) in [5, 5.41) is 1.69. The normalized spacial score (nSPS) is 12.4. The van der Waals surface area contributed by atoms with Crippen LogP contribution in [0, 0.1) is 0 Å². The molecular weight excluding hydrogens is 450 g/mol. The van der Waals surface area contributed by atoms with Crippen LogP contribution < -0.4 is 4.72 Å². The molecule has 4 aromatic rings. The number of aromatic amines is 1. The average molecular weight is 472 g/mol. The van der Waals surface area contributed by atoms with Crippen LogP contribution in [0.3, 0.4) is 0 Å². The van der Waals surface area contributed by atoms with E-state index in [9.17, 15) is 8.42 Å². The number of pyridine rings is 1. The van der Waals surface area contributed by atoms with E-state index in [0.29, 0.717) is 5.02 Å². The van der Waals surface area contributed by atoms with Gasteiger partial charge >= 0.3 is 0 Å². The monoisotopic (exact) mass is 471 g/mol. The van der Waals surface area contributed by atoms with Gasteiger partial charge in [-0.15, -0.1) is 0 Å². The fourth-order valence-electron chi connectivity index (χ4n) is 3.19. The maximum absolute atomic E-state index is 12.6. The molecule has 8 heteroatoms. The molecule has 2 aromatic heterocycles. The predicted molar refractivity (Wildman–Crippen MR) is 127 cm³/mol. The molecule has 2 N–H and O–H groups in total. The molecule has 0 fully saturated rings. The molecule has 0 saturated carbocycles. The summed E-state index contributed by atoms with van der Waals surface area (Å²) < 4.78 is 27.9. The van der Waals surface area contributed by atoms with Crippen molar-refractivity contribution in [3.8, 4) is 11.3 Å². The Morgan fingerprint density at radius 3 is 2.32 bits per heavy atom. The van der Waals surface area contributed by atoms with E-state index in [1.807, 2.05) is 69.3 Å². The number of rotatable bonds is 5. The fourth-order valence-corrected chi connectivity index (χ4v) is 5.79. The maximum atomic E-state index is 12.6. The first-order valence-corrected chi connectivity index (χ1v) is 12.3. The van der Waals surface area contributed by atoms with Crippen molar-refractivity contribution >= 4 is 44.4 Å². The molecule has 0 amide bonds. The first-order chi connectivity index (χ1) is 14.6. The molecule has 0 radical (unpaired) electrons. The number of aromatic nitrogens is 2. The molecule has 0 saturated heterocycles. The summed E-state index contributed by atoms with van der Waals surface area (Å²) in [6.07, 6.45) is 1.74. The topological polar surface area (TPSA) is 74.8 Å². The predicted octanol–water partition coefficient (Wildman–Crippen LogP) is 6.11. The van der Waals surface area contributed by atoms with Gasteiger partial charge in [0.25, 0.3) is 0 Å². The van der Waals surface area contributed by atoms with Crippen LogP contribution in [0.1, 0.15) is 20.8 Å². The van der Waals surface area contributed by atoms with E-state index in [4.69, 9.17) is 11.6 Å². The molecule has 0 aliphatic heterocycles. The van der Waals surface area contributed by atoms with Crippen LogP contribution in [0.2, 0.25) is 5.02 Å². The summed E-state index contributed by atoms with van der Waals surface area (Å²) in [7, 11) is -3.59. The van der Waals surface area contributed by atoms with Crippen molar-refractivity contribution in [1.29, 1.82) is 0 Å². The van der Waals surface area contributed by atoms with Gasteiger partial charge in [-0.3, -0.25) is 0 Å². The Balaban J connectivity index is 1.75. The first kappa shape index (κ1) is 21.9. The molecule has 31 heavy (non-hydrogen) atoms. The third-order valence-corrected chi connectivity index (χ3v) is 7.61. The lowest BCUT2D eigenvalue weighted by atomic mass is 10.1. The van der Waals surface area contributed by atoms with Crippen LogP contribution in [-0.4, -0.2) is 23.9 Å². The van der Waals surface area contributed by atoms with Gasteiger partial charge in [0.15, 0.2) is 0 Å². The Kier molecular flexibility index (Phi) is 5.87. The molecule has 0 aliphatic rings. The van der Waals surface area contributed by atoms with E-state index in [2.05, 4.69) is 14.7 Å². The number of fused-ring (bicyclic) bond motifs is 1. The smallest absolute Gasteiger partial charge is 0.241 e. The van der Waals surface area contributed by atoms with Gasteiger partial charge in [0.2, 0.25) is 10.0 Å². The zero-order valence-electron chi connectivity index (χ0n) is 17.3. The number of benzene rings is 2. The quantitative estimate of drug-likeness (QED) is 0.368. The van der Waals surface area contributed by atoms with Crippen molar-refractivity contribution in [3.05, 3.63) is 71.9 Å². The van der Waals surface area contributed by atoms with Gasteiger partial charge in [-0.2, -0.15) is 0 Å². The third-order valence-electron chi connectivity index (χ3n) is 4.45. The van der Waals surface area contributed by atoms with Gasteiger partial charge in [0.1, 0.15) is 5.65 Å². The van der Waals surface area contributed by atoms with Gasteiger partial charge in [-0.05, 0) is 74.9 Å². The maximum Gasteiger partial charge on any atom is 0.241 e. The second-order valence-electron chi connectivity index (χ2n) is 8.16. The highest BCUT2D eigenvalue weighted by molar-refractivity contribution is 7.99. The minimum atomic E-state index is -3.59. The lowest BCUT2D eigenvalue weighted by Gasteiger charge is -2.20. The molecule has 0 bridgehead atoms. The van der Waals surface area contributed by atoms with Gasteiger partial charge in [-0.25, -0.2) is 18.1 Å². The molecule has 0 spiro atoms. The largest absolute Gasteiger partial charge is 0.338 e. The Morgan fingerprint density at radius 1 is 1.00 bits per heavy atom. The summed E-state index contributed by atoms with van der Waals surface area (Å²) >= 11 is 7.64. The number of sulfonamides is 1. The van der Waals surface area contributed by atoms with Crippen LogP contribution in [-0.2, 0) is 10.0 Å². The van der Waals surface area contributed by atoms with Crippen LogP contribution in [0.4, 0.5) is 0 Å². The molecular formula is C23H22ClN3O2S2. The molecule has 160 valence electrons. The van der Waals surface area contributed by atoms with Crippen molar-refractivity contribution < 1.29 is 8.42 Å². The third kappa shape index (κ3) is 4.96. The van der Waals surface area contributed by atoms with Gasteiger partial charge in [-0.1, -0.05) is 35.5 Å². The van der Waals surface area contributed by atoms with E-state index in [-0.39, 0.29) is 4.90 Å². The van der Waals surface area contributed by atoms with Crippen molar-refractivity contribution in [3.63, 3.8) is 0 Å². The van der Waals surface area contributed by atoms with Crippen LogP contribution >= 0.6 is 23.4 Å². The number of hydrogen-bond acceptors (Lipinski definition) is 4. The number of nitrogens with one attached hydrogen (secondary N) is 2. The summed E-state index contributed by atoms with van der Waals surface area (Å²) in [5.41, 5.74) is 1.99. The summed E-state index contributed by atoms with van der Waals surface area (Å²) in [6, 6.07) is 18.5. The molecule has 0 unspecified atom stereocenters. The van der Waals surface area contributed by atoms with Crippen molar-refractivity contribution in [1.82, 2.24) is 14.7 Å². The number of nitrogens with zero attached hydrogens (tertiary/aromatic N) is 1. The summed E-state index contributed by atoms with van der Waals surface area (Å²) in [6.45, 7) is 5.45. The molecule has 2 aromatic carbocycles. The number of H-pyrrole nitrogens is 1. The van der Waals surface area contributed by atoms with Crippen LogP contribution in [0.25, 0.3) is 22.3 Å². The Labute approximate surface area is 191 Å². The van der Waals surface area contributed by atoms with E-state index >= 15 is 0 Å². The van der Waals surface area contributed by atoms with Gasteiger partial charge in [0.05, 0.1) is 10.6 Å². The Hall–Kier alpha value is -2.32. The molecule has 2 heterocycles. The molecule has 0 aliphatic carbocycles. The second-order valence-corrected chi connectivity index (χ2v) is 11.4. The second kappa shape index (κ2) is 8.31. The van der Waals surface area contributed by atoms with E-state index < -0.39 is 15.6 Å². The van der Waals surface area contributed by atoms with Crippen molar-refractivity contribution in [2.24, 2.45) is 0 Å². The van der Waals surface area contributed by atoms with Gasteiger partial charge in [0, 0.05) is 31.9 Å². The standard InChI is InChI=1S/C23H22ClN3O2S2/c1-23(2,3)27-31(28,29)18-12-6-15(7-13-18)20-21(19-5-4-14-25-22(19)26-20)30-17-10-8-16(24)9-11-17/h4-14,27H,1-3H3,(H,25,26). The Bertz CT molecular complexity index is 1320. The van der Waals surface area contributed by atoms with Crippen molar-refractivity contribution in [2.45, 2.75) is 41.0 Å². The number of halogens is 1. The number of hydrogen-bond donors (Lipinski definition) is 2. The Morgan fingerprint density at radius 2 is 1.68 bits per heavy atom. The molecule has 4 rings (SSSR count). The summed E-state index contributed by atoms with van der Waals surface area (Å²) in [5.74, 6) is 0. The van der Waals surface area contributed by atoms with Gasteiger partial charge < -0.3 is 4.98 Å². The van der Waals surface area contributed by atoms with Crippen LogP contribution in [0.5, 0.6) is 0 Å². The lowest BCUT2D eigenvalue weighted by Crippen LogP contribution is -2.40. The fraction of sp³-hybridized carbons (Fsp3) is 0.174. The molecule has 0 atom stereocenters. The molecule has 5 nitrogen and oxygen atoms in total. The highest BCUT2D eigenvalue weighted by atomic mass is 35.5. The average Bonchev–Trinajstić information content (AvgIpc) is 3.07. The zero-order chi connectivity index (χ0) is 22.2. The van der Waals surface area contributed by atoms with E-state index in [0.717, 1.165) is 32.1 Å². The lowest BCUT2D eigenvalue weighted by molar-refractivity contribution is 0.491. The van der Waals surface area contributed by atoms with Crippen LogP contribution in [0.15, 0.2) is 81.5 Å². The van der Waals surface area contributed by atoms with Crippen molar-refractivity contribution in [2.75, 3.05) is 0 Å². The summed E-state index contributed by atoms with van der Waals surface area (Å²) in [4.78, 5) is 10.1. The van der Waals surface area contributed by atoms with E-state index in [1.165, 1.54) is 0 Å². The minimum Gasteiger partial charge on any atom is -0.338 e.